The minimum atomic E-state index is 0.494. The van der Waals surface area contributed by atoms with Crippen LogP contribution in [0.5, 0.6) is 5.75 Å². The molecule has 2 rings (SSSR count). The maximum Gasteiger partial charge on any atom is 0.122 e. The third kappa shape index (κ3) is 3.24. The van der Waals surface area contributed by atoms with Gasteiger partial charge >= 0.3 is 0 Å². The number of methoxy groups -OCH3 is 1. The summed E-state index contributed by atoms with van der Waals surface area (Å²) in [6, 6.07) is 7.12. The van der Waals surface area contributed by atoms with Crippen LogP contribution in [-0.2, 0) is 6.54 Å². The Bertz CT molecular complexity index is 384. The average Bonchev–Trinajstić information content (AvgIpc) is 2.89. The molecular formula is C15H24N2O. The number of ether oxygens (including phenoxy) is 1. The van der Waals surface area contributed by atoms with Gasteiger partial charge in [-0.25, -0.2) is 0 Å². The summed E-state index contributed by atoms with van der Waals surface area (Å²) in [5, 5.41) is 6.97. The van der Waals surface area contributed by atoms with Crippen LogP contribution >= 0.6 is 0 Å². The van der Waals surface area contributed by atoms with Crippen molar-refractivity contribution in [3.05, 3.63) is 29.3 Å². The number of nitrogens with one attached hydrogen (secondary N) is 2. The standard InChI is InChI=1S/C15H24N2O/c1-11(2)14-8-12(4-5-15(14)18-3)9-17-13-6-7-16-10-13/h4-5,8,11,13,16-17H,6-7,9-10H2,1-3H3. The zero-order valence-corrected chi connectivity index (χ0v) is 11.6. The van der Waals surface area contributed by atoms with Crippen LogP contribution in [0.25, 0.3) is 0 Å². The van der Waals surface area contributed by atoms with Crippen LogP contribution < -0.4 is 15.4 Å². The first-order valence-corrected chi connectivity index (χ1v) is 6.81. The molecule has 0 radical (unpaired) electrons. The maximum absolute atomic E-state index is 5.41. The van der Waals surface area contributed by atoms with Crippen molar-refractivity contribution in [3.8, 4) is 5.75 Å². The van der Waals surface area contributed by atoms with E-state index in [0.717, 1.165) is 25.4 Å². The molecule has 1 heterocycles. The molecule has 0 aromatic heterocycles. The first-order valence-electron chi connectivity index (χ1n) is 6.81. The van der Waals surface area contributed by atoms with Gasteiger partial charge in [-0.1, -0.05) is 26.0 Å². The highest BCUT2D eigenvalue weighted by Gasteiger charge is 2.14. The molecule has 18 heavy (non-hydrogen) atoms. The van der Waals surface area contributed by atoms with Crippen LogP contribution in [0.1, 0.15) is 37.3 Å². The largest absolute Gasteiger partial charge is 0.496 e. The highest BCUT2D eigenvalue weighted by Crippen LogP contribution is 2.27. The molecule has 1 aliphatic rings. The van der Waals surface area contributed by atoms with Gasteiger partial charge in [0.15, 0.2) is 0 Å². The van der Waals surface area contributed by atoms with Crippen molar-refractivity contribution in [1.82, 2.24) is 10.6 Å². The van der Waals surface area contributed by atoms with Crippen LogP contribution in [-0.4, -0.2) is 26.2 Å². The van der Waals surface area contributed by atoms with E-state index in [1.54, 1.807) is 7.11 Å². The molecular weight excluding hydrogens is 224 g/mol. The van der Waals surface area contributed by atoms with Gasteiger partial charge in [-0.2, -0.15) is 0 Å². The predicted octanol–water partition coefficient (Wildman–Crippen LogP) is 2.27. The van der Waals surface area contributed by atoms with Gasteiger partial charge < -0.3 is 15.4 Å². The van der Waals surface area contributed by atoms with E-state index in [2.05, 4.69) is 42.7 Å². The summed E-state index contributed by atoms with van der Waals surface area (Å²) in [5.74, 6) is 1.49. The molecule has 1 atom stereocenters. The fourth-order valence-corrected chi connectivity index (χ4v) is 2.44. The van der Waals surface area contributed by atoms with Gasteiger partial charge in [0, 0.05) is 19.1 Å². The third-order valence-electron chi connectivity index (χ3n) is 3.57. The lowest BCUT2D eigenvalue weighted by atomic mass is 9.99. The van der Waals surface area contributed by atoms with Crippen LogP contribution in [0.15, 0.2) is 18.2 Å². The summed E-state index contributed by atoms with van der Waals surface area (Å²) >= 11 is 0. The second-order valence-electron chi connectivity index (χ2n) is 5.30. The first kappa shape index (κ1) is 13.4. The van der Waals surface area contributed by atoms with Crippen molar-refractivity contribution < 1.29 is 4.74 Å². The Kier molecular flexibility index (Phi) is 4.61. The lowest BCUT2D eigenvalue weighted by Gasteiger charge is -2.15. The van der Waals surface area contributed by atoms with Crippen molar-refractivity contribution in [2.45, 2.75) is 38.8 Å². The van der Waals surface area contributed by atoms with Crippen LogP contribution in [0, 0.1) is 0 Å². The molecule has 3 nitrogen and oxygen atoms in total. The molecule has 1 aromatic carbocycles. The van der Waals surface area contributed by atoms with Gasteiger partial charge in [-0.15, -0.1) is 0 Å². The fraction of sp³-hybridized carbons (Fsp3) is 0.600. The second-order valence-corrected chi connectivity index (χ2v) is 5.30. The van der Waals surface area contributed by atoms with Crippen LogP contribution in [0.4, 0.5) is 0 Å². The quantitative estimate of drug-likeness (QED) is 0.838. The molecule has 1 aromatic rings. The minimum absolute atomic E-state index is 0.494. The second kappa shape index (κ2) is 6.21. The Morgan fingerprint density at radius 2 is 2.28 bits per heavy atom. The first-order chi connectivity index (χ1) is 8.70. The molecule has 3 heteroatoms. The van der Waals surface area contributed by atoms with Crippen LogP contribution in [0.3, 0.4) is 0 Å². The van der Waals surface area contributed by atoms with E-state index in [-0.39, 0.29) is 0 Å². The Morgan fingerprint density at radius 1 is 1.44 bits per heavy atom. The zero-order chi connectivity index (χ0) is 13.0. The molecule has 1 fully saturated rings. The Hall–Kier alpha value is -1.06. The summed E-state index contributed by atoms with van der Waals surface area (Å²) in [7, 11) is 1.74. The van der Waals surface area contributed by atoms with Crippen LogP contribution in [0.2, 0.25) is 0 Å². The molecule has 0 bridgehead atoms. The fourth-order valence-electron chi connectivity index (χ4n) is 2.44. The van der Waals surface area contributed by atoms with Gasteiger partial charge in [0.25, 0.3) is 0 Å². The SMILES string of the molecule is COc1ccc(CNC2CCNC2)cc1C(C)C. The summed E-state index contributed by atoms with van der Waals surface area (Å²) in [6.07, 6.45) is 1.23. The van der Waals surface area contributed by atoms with Gasteiger partial charge in [0.1, 0.15) is 5.75 Å². The van der Waals surface area contributed by atoms with E-state index in [1.807, 2.05) is 0 Å². The van der Waals surface area contributed by atoms with E-state index >= 15 is 0 Å². The number of rotatable bonds is 5. The van der Waals surface area contributed by atoms with Gasteiger partial charge in [0.2, 0.25) is 0 Å². The summed E-state index contributed by atoms with van der Waals surface area (Å²) in [6.45, 7) is 7.58. The molecule has 100 valence electrons. The van der Waals surface area contributed by atoms with Gasteiger partial charge in [0.05, 0.1) is 7.11 Å². The lowest BCUT2D eigenvalue weighted by molar-refractivity contribution is 0.407. The topological polar surface area (TPSA) is 33.3 Å². The van der Waals surface area contributed by atoms with Crippen molar-refractivity contribution >= 4 is 0 Å². The molecule has 1 saturated heterocycles. The summed E-state index contributed by atoms with van der Waals surface area (Å²) < 4.78 is 5.41. The Balaban J connectivity index is 2.01. The maximum atomic E-state index is 5.41. The van der Waals surface area contributed by atoms with Crippen molar-refractivity contribution in [2.75, 3.05) is 20.2 Å². The molecule has 1 unspecified atom stereocenters. The lowest BCUT2D eigenvalue weighted by Crippen LogP contribution is -2.30. The summed E-state index contributed by atoms with van der Waals surface area (Å²) in [5.41, 5.74) is 2.63. The molecule has 0 saturated carbocycles. The van der Waals surface area contributed by atoms with Gasteiger partial charge in [-0.05, 0) is 36.1 Å². The normalized spacial score (nSPS) is 19.4. The molecule has 0 aliphatic carbocycles. The number of hydrogen-bond donors (Lipinski definition) is 2. The molecule has 2 N–H and O–H groups in total. The molecule has 1 aliphatic heterocycles. The van der Waals surface area contributed by atoms with E-state index < -0.39 is 0 Å². The molecule has 0 spiro atoms. The van der Waals surface area contributed by atoms with E-state index in [9.17, 15) is 0 Å². The monoisotopic (exact) mass is 248 g/mol. The Morgan fingerprint density at radius 3 is 2.89 bits per heavy atom. The highest BCUT2D eigenvalue weighted by atomic mass is 16.5. The average molecular weight is 248 g/mol. The van der Waals surface area contributed by atoms with E-state index in [0.29, 0.717) is 12.0 Å². The highest BCUT2D eigenvalue weighted by molar-refractivity contribution is 5.39. The van der Waals surface area contributed by atoms with E-state index in [1.165, 1.54) is 17.5 Å². The number of hydrogen-bond acceptors (Lipinski definition) is 3. The van der Waals surface area contributed by atoms with Crippen molar-refractivity contribution in [2.24, 2.45) is 0 Å². The minimum Gasteiger partial charge on any atom is -0.496 e. The van der Waals surface area contributed by atoms with E-state index in [4.69, 9.17) is 4.74 Å². The number of benzene rings is 1. The smallest absolute Gasteiger partial charge is 0.122 e. The molecule has 0 amide bonds. The zero-order valence-electron chi connectivity index (χ0n) is 11.6. The third-order valence-corrected chi connectivity index (χ3v) is 3.57. The van der Waals surface area contributed by atoms with Crippen molar-refractivity contribution in [1.29, 1.82) is 0 Å². The Labute approximate surface area is 110 Å². The predicted molar refractivity (Wildman–Crippen MR) is 75.2 cm³/mol. The van der Waals surface area contributed by atoms with Gasteiger partial charge in [-0.3, -0.25) is 0 Å². The summed E-state index contributed by atoms with van der Waals surface area (Å²) in [4.78, 5) is 0. The van der Waals surface area contributed by atoms with Crippen molar-refractivity contribution in [3.63, 3.8) is 0 Å².